The zero-order valence-corrected chi connectivity index (χ0v) is 19.0. The fraction of sp³-hybridized carbons (Fsp3) is 0.348. The van der Waals surface area contributed by atoms with Crippen LogP contribution in [0.1, 0.15) is 22.5 Å². The number of ether oxygens (including phenoxy) is 1. The van der Waals surface area contributed by atoms with E-state index in [9.17, 15) is 12.8 Å². The van der Waals surface area contributed by atoms with E-state index in [0.717, 1.165) is 28.2 Å². The second-order valence-electron chi connectivity index (χ2n) is 7.80. The Morgan fingerprint density at radius 1 is 1.00 bits per heavy atom. The Balaban J connectivity index is 1.39. The van der Waals surface area contributed by atoms with E-state index in [1.165, 1.54) is 16.4 Å². The fourth-order valence-electron chi connectivity index (χ4n) is 3.81. The third kappa shape index (κ3) is 4.75. The van der Waals surface area contributed by atoms with Crippen LogP contribution in [-0.4, -0.2) is 48.8 Å². The van der Waals surface area contributed by atoms with Crippen molar-refractivity contribution in [1.29, 1.82) is 0 Å². The van der Waals surface area contributed by atoms with Gasteiger partial charge in [0, 0.05) is 37.4 Å². The highest BCUT2D eigenvalue weighted by Gasteiger charge is 2.26. The zero-order valence-electron chi connectivity index (χ0n) is 18.2. The minimum Gasteiger partial charge on any atom is -0.379 e. The molecule has 0 saturated carbocycles. The van der Waals surface area contributed by atoms with Crippen LogP contribution in [0.2, 0.25) is 0 Å². The van der Waals surface area contributed by atoms with Gasteiger partial charge in [-0.25, -0.2) is 17.5 Å². The average Bonchev–Trinajstić information content (AvgIpc) is 3.09. The van der Waals surface area contributed by atoms with Gasteiger partial charge in [0.1, 0.15) is 5.82 Å². The molecule has 0 bridgehead atoms. The zero-order chi connectivity index (χ0) is 22.7. The molecule has 0 amide bonds. The van der Waals surface area contributed by atoms with Gasteiger partial charge in [0.05, 0.1) is 29.5 Å². The molecule has 1 fully saturated rings. The number of nitrogens with zero attached hydrogens (tertiary/aromatic N) is 3. The summed E-state index contributed by atoms with van der Waals surface area (Å²) in [4.78, 5) is 0.301. The number of aromatic nitrogens is 2. The minimum atomic E-state index is -3.48. The van der Waals surface area contributed by atoms with Gasteiger partial charge in [-0.05, 0) is 55.8 Å². The van der Waals surface area contributed by atoms with Crippen molar-refractivity contribution in [3.05, 3.63) is 76.9 Å². The number of nitrogens with one attached hydrogen (secondary N) is 1. The van der Waals surface area contributed by atoms with Crippen LogP contribution >= 0.6 is 0 Å². The van der Waals surface area contributed by atoms with Gasteiger partial charge in [-0.15, -0.1) is 0 Å². The molecule has 7 nitrogen and oxygen atoms in total. The summed E-state index contributed by atoms with van der Waals surface area (Å²) >= 11 is 0. The number of hydrogen-bond acceptors (Lipinski definition) is 5. The van der Waals surface area contributed by atoms with Gasteiger partial charge in [-0.3, -0.25) is 0 Å². The van der Waals surface area contributed by atoms with Crippen LogP contribution in [0.4, 0.5) is 4.39 Å². The van der Waals surface area contributed by atoms with Crippen molar-refractivity contribution in [2.75, 3.05) is 26.3 Å². The van der Waals surface area contributed by atoms with Gasteiger partial charge >= 0.3 is 0 Å². The standard InChI is InChI=1S/C23H27FN4O3S/c1-17-23(18(2)28(26-17)21-7-5-20(24)6-8-21)16-25-15-19-3-9-22(10-4-19)32(29,30)27-11-13-31-14-12-27/h3-10,25H,11-16H2,1-2H3. The monoisotopic (exact) mass is 458 g/mol. The molecule has 3 aromatic rings. The molecule has 1 aromatic heterocycles. The molecule has 1 saturated heterocycles. The van der Waals surface area contributed by atoms with E-state index in [2.05, 4.69) is 10.4 Å². The molecule has 0 atom stereocenters. The minimum absolute atomic E-state index is 0.277. The Kier molecular flexibility index (Phi) is 6.71. The molecule has 0 spiro atoms. The molecule has 9 heteroatoms. The SMILES string of the molecule is Cc1nn(-c2ccc(F)cc2)c(C)c1CNCc1ccc(S(=O)(=O)N2CCOCC2)cc1. The van der Waals surface area contributed by atoms with Crippen LogP contribution in [0.5, 0.6) is 0 Å². The smallest absolute Gasteiger partial charge is 0.243 e. The van der Waals surface area contributed by atoms with Crippen molar-refractivity contribution in [1.82, 2.24) is 19.4 Å². The predicted molar refractivity (Wildman–Crippen MR) is 120 cm³/mol. The van der Waals surface area contributed by atoms with Crippen LogP contribution in [0.15, 0.2) is 53.4 Å². The normalized spacial score (nSPS) is 15.2. The number of halogens is 1. The topological polar surface area (TPSA) is 76.5 Å². The van der Waals surface area contributed by atoms with Crippen LogP contribution in [0.25, 0.3) is 5.69 Å². The lowest BCUT2D eigenvalue weighted by Crippen LogP contribution is -2.40. The molecular weight excluding hydrogens is 431 g/mol. The van der Waals surface area contributed by atoms with E-state index in [1.807, 2.05) is 30.7 Å². The van der Waals surface area contributed by atoms with Gasteiger partial charge in [0.15, 0.2) is 0 Å². The quantitative estimate of drug-likeness (QED) is 0.589. The Morgan fingerprint density at radius 3 is 2.31 bits per heavy atom. The summed E-state index contributed by atoms with van der Waals surface area (Å²) in [7, 11) is -3.48. The molecule has 2 aromatic carbocycles. The van der Waals surface area contributed by atoms with E-state index in [4.69, 9.17) is 4.74 Å². The summed E-state index contributed by atoms with van der Waals surface area (Å²) in [6.45, 7) is 6.79. The third-order valence-corrected chi connectivity index (χ3v) is 7.59. The van der Waals surface area contributed by atoms with E-state index in [1.54, 1.807) is 24.3 Å². The highest BCUT2D eigenvalue weighted by atomic mass is 32.2. The summed E-state index contributed by atoms with van der Waals surface area (Å²) in [5, 5.41) is 8.00. The first-order valence-corrected chi connectivity index (χ1v) is 12.0. The van der Waals surface area contributed by atoms with E-state index >= 15 is 0 Å². The van der Waals surface area contributed by atoms with Crippen LogP contribution < -0.4 is 5.32 Å². The van der Waals surface area contributed by atoms with Crippen molar-refractivity contribution < 1.29 is 17.5 Å². The Morgan fingerprint density at radius 2 is 1.66 bits per heavy atom. The second-order valence-corrected chi connectivity index (χ2v) is 9.74. The number of aryl methyl sites for hydroxylation is 1. The van der Waals surface area contributed by atoms with Gasteiger partial charge in [-0.2, -0.15) is 9.40 Å². The first-order chi connectivity index (χ1) is 15.4. The summed E-state index contributed by atoms with van der Waals surface area (Å²) in [5.74, 6) is -0.277. The van der Waals surface area contributed by atoms with Crippen LogP contribution in [-0.2, 0) is 27.8 Å². The molecule has 32 heavy (non-hydrogen) atoms. The van der Waals surface area contributed by atoms with Crippen molar-refractivity contribution in [2.24, 2.45) is 0 Å². The van der Waals surface area contributed by atoms with Gasteiger partial charge in [0.25, 0.3) is 0 Å². The number of rotatable bonds is 7. The molecule has 4 rings (SSSR count). The number of benzene rings is 2. The maximum atomic E-state index is 13.2. The lowest BCUT2D eigenvalue weighted by atomic mass is 10.2. The maximum absolute atomic E-state index is 13.2. The maximum Gasteiger partial charge on any atom is 0.243 e. The van der Waals surface area contributed by atoms with Crippen LogP contribution in [0, 0.1) is 19.7 Å². The van der Waals surface area contributed by atoms with Gasteiger partial charge < -0.3 is 10.1 Å². The van der Waals surface area contributed by atoms with Crippen LogP contribution in [0.3, 0.4) is 0 Å². The van der Waals surface area contributed by atoms with Gasteiger partial charge in [0.2, 0.25) is 10.0 Å². The Bertz CT molecular complexity index is 1170. The summed E-state index contributed by atoms with van der Waals surface area (Å²) in [5.41, 5.74) is 4.79. The molecule has 0 radical (unpaired) electrons. The van der Waals surface area contributed by atoms with E-state index in [0.29, 0.717) is 44.3 Å². The highest BCUT2D eigenvalue weighted by molar-refractivity contribution is 7.89. The molecule has 0 unspecified atom stereocenters. The first kappa shape index (κ1) is 22.6. The molecule has 0 aliphatic carbocycles. The van der Waals surface area contributed by atoms with Crippen molar-refractivity contribution in [3.8, 4) is 5.69 Å². The van der Waals surface area contributed by atoms with Crippen molar-refractivity contribution in [2.45, 2.75) is 31.8 Å². The molecular formula is C23H27FN4O3S. The number of morpholine rings is 1. The highest BCUT2D eigenvalue weighted by Crippen LogP contribution is 2.20. The lowest BCUT2D eigenvalue weighted by molar-refractivity contribution is 0.0730. The number of hydrogen-bond donors (Lipinski definition) is 1. The average molecular weight is 459 g/mol. The molecule has 1 aliphatic rings. The Labute approximate surface area is 187 Å². The Hall–Kier alpha value is -2.59. The lowest BCUT2D eigenvalue weighted by Gasteiger charge is -2.26. The molecule has 1 aliphatic heterocycles. The largest absolute Gasteiger partial charge is 0.379 e. The number of sulfonamides is 1. The summed E-state index contributed by atoms with van der Waals surface area (Å²) < 4.78 is 47.2. The molecule has 1 N–H and O–H groups in total. The fourth-order valence-corrected chi connectivity index (χ4v) is 5.22. The van der Waals surface area contributed by atoms with Crippen molar-refractivity contribution in [3.63, 3.8) is 0 Å². The summed E-state index contributed by atoms with van der Waals surface area (Å²) in [6, 6.07) is 13.2. The molecule has 170 valence electrons. The predicted octanol–water partition coefficient (Wildman–Crippen LogP) is 2.94. The summed E-state index contributed by atoms with van der Waals surface area (Å²) in [6.07, 6.45) is 0. The second kappa shape index (κ2) is 9.50. The van der Waals surface area contributed by atoms with Crippen molar-refractivity contribution >= 4 is 10.0 Å². The molecule has 2 heterocycles. The first-order valence-electron chi connectivity index (χ1n) is 10.5. The third-order valence-electron chi connectivity index (χ3n) is 5.67. The van der Waals surface area contributed by atoms with E-state index < -0.39 is 10.0 Å². The van der Waals surface area contributed by atoms with Gasteiger partial charge in [-0.1, -0.05) is 12.1 Å². The van der Waals surface area contributed by atoms with E-state index in [-0.39, 0.29) is 5.82 Å².